The van der Waals surface area contributed by atoms with Crippen LogP contribution in [0.2, 0.25) is 0 Å². The standard InChI is InChI=1S/C5H11.Re.Y/c1-5(2,3)4;;/h1H2,2-4H3;;/q-1;;. The first-order valence-electron chi connectivity index (χ1n) is 1.85. The van der Waals surface area contributed by atoms with Crippen molar-refractivity contribution in [1.29, 1.82) is 0 Å². The van der Waals surface area contributed by atoms with Gasteiger partial charge in [-0.05, 0) is 0 Å². The Hall–Kier alpha value is 1.77. The Bertz CT molecular complexity index is 23.6. The van der Waals surface area contributed by atoms with E-state index in [0.717, 1.165) is 0 Å². The van der Waals surface area contributed by atoms with Crippen molar-refractivity contribution in [1.82, 2.24) is 0 Å². The summed E-state index contributed by atoms with van der Waals surface area (Å²) in [5.41, 5.74) is 0.250. The van der Waals surface area contributed by atoms with E-state index in [0.29, 0.717) is 0 Å². The van der Waals surface area contributed by atoms with Crippen molar-refractivity contribution in [2.24, 2.45) is 5.41 Å². The molecule has 0 amide bonds. The number of hydrogen-bond donors (Lipinski definition) is 0. The summed E-state index contributed by atoms with van der Waals surface area (Å²) in [4.78, 5) is 0. The second-order valence-corrected chi connectivity index (χ2v) is 2.56. The van der Waals surface area contributed by atoms with Crippen molar-refractivity contribution in [3.05, 3.63) is 6.92 Å². The first-order valence-corrected chi connectivity index (χ1v) is 1.85. The minimum atomic E-state index is 0. The second kappa shape index (κ2) is 5.89. The Morgan fingerprint density at radius 2 is 1.14 bits per heavy atom. The van der Waals surface area contributed by atoms with Crippen molar-refractivity contribution in [2.75, 3.05) is 0 Å². The Kier molecular flexibility index (Phi) is 13.4. The van der Waals surface area contributed by atoms with Crippen molar-refractivity contribution in [2.45, 2.75) is 20.8 Å². The number of hydrogen-bond acceptors (Lipinski definition) is 0. The zero-order chi connectivity index (χ0) is 4.50. The molecule has 0 saturated carbocycles. The molecule has 0 heterocycles. The predicted molar refractivity (Wildman–Crippen MR) is 24.8 cm³/mol. The Morgan fingerprint density at radius 1 is 1.14 bits per heavy atom. The molecule has 0 N–H and O–H groups in total. The van der Waals surface area contributed by atoms with Gasteiger partial charge in [0.2, 0.25) is 0 Å². The topological polar surface area (TPSA) is 0 Å². The third-order valence-electron chi connectivity index (χ3n) is 0. The largest absolute Gasteiger partial charge is 0.338 e. The number of rotatable bonds is 0. The molecule has 0 aliphatic heterocycles. The second-order valence-electron chi connectivity index (χ2n) is 2.56. The average molecular weight is 346 g/mol. The van der Waals surface area contributed by atoms with Crippen molar-refractivity contribution < 1.29 is 53.1 Å². The van der Waals surface area contributed by atoms with Crippen LogP contribution in [0.3, 0.4) is 0 Å². The molecular weight excluding hydrogens is 335 g/mol. The third kappa shape index (κ3) is 82.8. The van der Waals surface area contributed by atoms with Gasteiger partial charge in [0, 0.05) is 53.1 Å². The van der Waals surface area contributed by atoms with Gasteiger partial charge in [-0.25, -0.2) is 0 Å². The quantitative estimate of drug-likeness (QED) is 0.588. The fourth-order valence-electron chi connectivity index (χ4n) is 0. The zero-order valence-corrected chi connectivity index (χ0v) is 10.7. The molecule has 0 fully saturated rings. The van der Waals surface area contributed by atoms with E-state index in [1.807, 2.05) is 0 Å². The fraction of sp³-hybridized carbons (Fsp3) is 0.800. The van der Waals surface area contributed by atoms with Gasteiger partial charge in [0.05, 0.1) is 0 Å². The van der Waals surface area contributed by atoms with Crippen LogP contribution in [0.15, 0.2) is 0 Å². The van der Waals surface area contributed by atoms with E-state index in [1.54, 1.807) is 0 Å². The van der Waals surface area contributed by atoms with Gasteiger partial charge in [0.25, 0.3) is 0 Å². The van der Waals surface area contributed by atoms with Crippen LogP contribution >= 0.6 is 0 Å². The van der Waals surface area contributed by atoms with E-state index < -0.39 is 0 Å². The van der Waals surface area contributed by atoms with Gasteiger partial charge in [-0.3, -0.25) is 0 Å². The van der Waals surface area contributed by atoms with Crippen LogP contribution in [0.4, 0.5) is 0 Å². The minimum Gasteiger partial charge on any atom is -0.338 e. The maximum atomic E-state index is 3.77. The molecule has 0 spiro atoms. The molecular formula is C5H11ReY-. The zero-order valence-electron chi connectivity index (χ0n) is 5.16. The molecule has 0 unspecified atom stereocenters. The molecule has 2 radical (unpaired) electrons. The van der Waals surface area contributed by atoms with Crippen LogP contribution in [0, 0.1) is 12.3 Å². The van der Waals surface area contributed by atoms with Gasteiger partial charge in [-0.1, -0.05) is 20.8 Å². The van der Waals surface area contributed by atoms with Crippen LogP contribution < -0.4 is 0 Å². The SMILES string of the molecule is [CH2-]C(C)(C)C.[Re].[Y]. The van der Waals surface area contributed by atoms with Gasteiger partial charge in [-0.15, -0.1) is 0 Å². The van der Waals surface area contributed by atoms with Crippen molar-refractivity contribution in [3.8, 4) is 0 Å². The summed E-state index contributed by atoms with van der Waals surface area (Å²) in [6, 6.07) is 0. The molecule has 0 atom stereocenters. The molecule has 0 rings (SSSR count). The normalized spacial score (nSPS) is 8.57. The maximum Gasteiger partial charge on any atom is 0 e. The predicted octanol–water partition coefficient (Wildman–Crippen LogP) is 1.86. The van der Waals surface area contributed by atoms with Gasteiger partial charge in [0.15, 0.2) is 0 Å². The van der Waals surface area contributed by atoms with Crippen LogP contribution in [0.5, 0.6) is 0 Å². The van der Waals surface area contributed by atoms with Crippen LogP contribution in [0.25, 0.3) is 0 Å². The van der Waals surface area contributed by atoms with E-state index in [9.17, 15) is 0 Å². The summed E-state index contributed by atoms with van der Waals surface area (Å²) >= 11 is 0. The maximum absolute atomic E-state index is 3.77. The summed E-state index contributed by atoms with van der Waals surface area (Å²) in [6.45, 7) is 10.0. The molecule has 2 heteroatoms. The molecule has 0 nitrogen and oxygen atoms in total. The van der Waals surface area contributed by atoms with E-state index in [2.05, 4.69) is 27.7 Å². The minimum absolute atomic E-state index is 0. The summed E-state index contributed by atoms with van der Waals surface area (Å²) in [5, 5.41) is 0. The molecule has 42 valence electrons. The first-order chi connectivity index (χ1) is 2.00. The van der Waals surface area contributed by atoms with Gasteiger partial charge >= 0.3 is 0 Å². The van der Waals surface area contributed by atoms with E-state index in [1.165, 1.54) is 0 Å². The molecule has 0 aromatic rings. The molecule has 0 bridgehead atoms. The first kappa shape index (κ1) is 15.9. The summed E-state index contributed by atoms with van der Waals surface area (Å²) in [6.07, 6.45) is 0. The average Bonchev–Trinajstić information content (AvgIpc) is 0.722. The summed E-state index contributed by atoms with van der Waals surface area (Å²) in [5.74, 6) is 0. The molecule has 0 saturated heterocycles. The monoisotopic (exact) mass is 347 g/mol. The van der Waals surface area contributed by atoms with Crippen molar-refractivity contribution >= 4 is 0 Å². The van der Waals surface area contributed by atoms with Gasteiger partial charge < -0.3 is 6.92 Å². The Balaban J connectivity index is -0.0000000800. The summed E-state index contributed by atoms with van der Waals surface area (Å²) in [7, 11) is 0. The van der Waals surface area contributed by atoms with E-state index >= 15 is 0 Å². The van der Waals surface area contributed by atoms with E-state index in [-0.39, 0.29) is 58.5 Å². The molecule has 0 aromatic carbocycles. The fourth-order valence-corrected chi connectivity index (χ4v) is 0. The smallest absolute Gasteiger partial charge is 0 e. The molecule has 0 aromatic heterocycles. The molecule has 0 aliphatic rings. The third-order valence-corrected chi connectivity index (χ3v) is 0. The van der Waals surface area contributed by atoms with Crippen LogP contribution in [-0.2, 0) is 53.1 Å². The Morgan fingerprint density at radius 3 is 1.14 bits per heavy atom. The van der Waals surface area contributed by atoms with E-state index in [4.69, 9.17) is 0 Å². The van der Waals surface area contributed by atoms with Crippen LogP contribution in [-0.4, -0.2) is 0 Å². The Labute approximate surface area is 85.4 Å². The van der Waals surface area contributed by atoms with Gasteiger partial charge in [-0.2, -0.15) is 5.41 Å². The molecule has 7 heavy (non-hydrogen) atoms. The summed E-state index contributed by atoms with van der Waals surface area (Å²) < 4.78 is 0. The van der Waals surface area contributed by atoms with Crippen LogP contribution in [0.1, 0.15) is 20.8 Å². The van der Waals surface area contributed by atoms with Gasteiger partial charge in [0.1, 0.15) is 0 Å². The van der Waals surface area contributed by atoms with Crippen molar-refractivity contribution in [3.63, 3.8) is 0 Å². The molecule has 0 aliphatic carbocycles.